The zero-order valence-electron chi connectivity index (χ0n) is 29.9. The number of hydrogen-bond donors (Lipinski definition) is 3. The van der Waals surface area contributed by atoms with Crippen LogP contribution in [0.25, 0.3) is 0 Å². The third kappa shape index (κ3) is 15.2. The number of benzene rings is 1. The van der Waals surface area contributed by atoms with Crippen molar-refractivity contribution >= 4 is 46.5 Å². The average Bonchev–Trinajstić information content (AvgIpc) is 2.99. The van der Waals surface area contributed by atoms with E-state index in [0.717, 1.165) is 11.8 Å². The Morgan fingerprint density at radius 2 is 1.55 bits per heavy atom. The van der Waals surface area contributed by atoms with Gasteiger partial charge in [-0.25, -0.2) is 9.59 Å². The number of alkyl carbamates (subject to hydrolysis) is 1. The van der Waals surface area contributed by atoms with Crippen LogP contribution in [0, 0.1) is 5.41 Å². The van der Waals surface area contributed by atoms with Gasteiger partial charge in [-0.1, -0.05) is 25.6 Å². The molecule has 0 saturated carbocycles. The van der Waals surface area contributed by atoms with Crippen molar-refractivity contribution in [3.63, 3.8) is 0 Å². The molecule has 3 N–H and O–H groups in total. The highest BCUT2D eigenvalue weighted by Crippen LogP contribution is 2.32. The Morgan fingerprint density at radius 1 is 0.918 bits per heavy atom. The molecule has 1 heterocycles. The van der Waals surface area contributed by atoms with Crippen molar-refractivity contribution < 1.29 is 52.5 Å². The fraction of sp³-hybridized carbons (Fsp3) is 0.647. The second-order valence-corrected chi connectivity index (χ2v) is 15.3. The van der Waals surface area contributed by atoms with Crippen LogP contribution < -0.4 is 20.7 Å². The molecule has 1 aromatic rings. The maximum absolute atomic E-state index is 13.0. The molecule has 49 heavy (non-hydrogen) atoms. The molecule has 14 nitrogen and oxygen atoms in total. The standard InChI is InChI=1S/C34H51N3O11S/c1-32(2,3)47-29(42)23(37-31(43)48-33(4,5)6)14-15-25(39)49-19-18-35-24(38)16-17-36-28(41)27-34(7,8)20-45-30(46-27)26(40)21-10-12-22(44-9)13-11-21/h10-13,23,27,30H,14-20H2,1-9H3,(H,35,38)(H,36,41)(H,37,43)/t23-,27-,30?/m0/s1. The Kier molecular flexibility index (Phi) is 15.5. The third-order valence-corrected chi connectivity index (χ3v) is 7.70. The van der Waals surface area contributed by atoms with Gasteiger partial charge in [0.15, 0.2) is 5.12 Å². The van der Waals surface area contributed by atoms with Gasteiger partial charge in [0.1, 0.15) is 29.1 Å². The predicted molar refractivity (Wildman–Crippen MR) is 182 cm³/mol. The van der Waals surface area contributed by atoms with Gasteiger partial charge in [-0.2, -0.15) is 0 Å². The molecule has 1 unspecified atom stereocenters. The van der Waals surface area contributed by atoms with Gasteiger partial charge in [-0.15, -0.1) is 0 Å². The first-order valence-electron chi connectivity index (χ1n) is 16.1. The van der Waals surface area contributed by atoms with Crippen molar-refractivity contribution in [1.82, 2.24) is 16.0 Å². The number of methoxy groups -OCH3 is 1. The zero-order chi connectivity index (χ0) is 37.0. The van der Waals surface area contributed by atoms with Crippen molar-refractivity contribution in [2.24, 2.45) is 5.41 Å². The summed E-state index contributed by atoms with van der Waals surface area (Å²) in [5.41, 5.74) is -1.95. The largest absolute Gasteiger partial charge is 0.497 e. The Labute approximate surface area is 292 Å². The number of rotatable bonds is 15. The fourth-order valence-corrected chi connectivity index (χ4v) is 5.09. The molecule has 1 aromatic carbocycles. The second-order valence-electron chi connectivity index (χ2n) is 14.1. The topological polar surface area (TPSA) is 185 Å². The number of ketones is 1. The minimum absolute atomic E-state index is 0.01000. The molecule has 0 aliphatic carbocycles. The number of carbonyl (C=O) groups excluding carboxylic acids is 6. The van der Waals surface area contributed by atoms with Crippen molar-refractivity contribution in [2.45, 2.75) is 104 Å². The molecule has 0 bridgehead atoms. The van der Waals surface area contributed by atoms with E-state index in [1.807, 2.05) is 0 Å². The van der Waals surface area contributed by atoms with Gasteiger partial charge in [0.25, 0.3) is 0 Å². The summed E-state index contributed by atoms with van der Waals surface area (Å²) in [7, 11) is 1.52. The number of esters is 1. The molecule has 274 valence electrons. The highest BCUT2D eigenvalue weighted by atomic mass is 32.2. The summed E-state index contributed by atoms with van der Waals surface area (Å²) in [5.74, 6) is -1.04. The maximum atomic E-state index is 13.0. The lowest BCUT2D eigenvalue weighted by atomic mass is 9.85. The van der Waals surface area contributed by atoms with E-state index in [2.05, 4.69) is 16.0 Å². The number of nitrogens with one attached hydrogen (secondary N) is 3. The Morgan fingerprint density at radius 3 is 2.14 bits per heavy atom. The van der Waals surface area contributed by atoms with E-state index < -0.39 is 58.8 Å². The first-order chi connectivity index (χ1) is 22.7. The van der Waals surface area contributed by atoms with Crippen molar-refractivity contribution in [3.05, 3.63) is 29.8 Å². The smallest absolute Gasteiger partial charge is 0.408 e. The molecule has 0 radical (unpaired) electrons. The van der Waals surface area contributed by atoms with E-state index in [4.69, 9.17) is 23.7 Å². The van der Waals surface area contributed by atoms with E-state index in [9.17, 15) is 28.8 Å². The Bertz CT molecular complexity index is 1320. The van der Waals surface area contributed by atoms with Crippen LogP contribution in [0.1, 0.15) is 85.0 Å². The molecule has 1 aliphatic heterocycles. The van der Waals surface area contributed by atoms with Gasteiger partial charge in [-0.05, 0) is 72.2 Å². The highest BCUT2D eigenvalue weighted by Gasteiger charge is 2.45. The quantitative estimate of drug-likeness (QED) is 0.137. The van der Waals surface area contributed by atoms with Crippen LogP contribution in [0.5, 0.6) is 5.75 Å². The lowest BCUT2D eigenvalue weighted by Gasteiger charge is -2.40. The molecular weight excluding hydrogens is 658 g/mol. The van der Waals surface area contributed by atoms with Gasteiger partial charge < -0.3 is 39.6 Å². The number of carbonyl (C=O) groups is 6. The van der Waals surface area contributed by atoms with Gasteiger partial charge in [0, 0.05) is 42.7 Å². The van der Waals surface area contributed by atoms with E-state index >= 15 is 0 Å². The molecule has 3 amide bonds. The van der Waals surface area contributed by atoms with Crippen LogP contribution in [0.3, 0.4) is 0 Å². The lowest BCUT2D eigenvalue weighted by Crippen LogP contribution is -2.55. The minimum atomic E-state index is -1.26. The summed E-state index contributed by atoms with van der Waals surface area (Å²) in [5, 5.41) is 7.64. The van der Waals surface area contributed by atoms with E-state index in [1.54, 1.807) is 79.7 Å². The fourth-order valence-electron chi connectivity index (χ4n) is 4.40. The number of thioether (sulfide) groups is 1. The average molecular weight is 710 g/mol. The Hall–Kier alpha value is -3.69. The molecule has 0 aromatic heterocycles. The van der Waals surface area contributed by atoms with Crippen LogP contribution in [0.2, 0.25) is 0 Å². The number of hydrogen-bond acceptors (Lipinski definition) is 12. The molecule has 3 atom stereocenters. The normalized spacial score (nSPS) is 18.0. The maximum Gasteiger partial charge on any atom is 0.408 e. The molecule has 0 spiro atoms. The summed E-state index contributed by atoms with van der Waals surface area (Å²) in [6.07, 6.45) is -3.08. The summed E-state index contributed by atoms with van der Waals surface area (Å²) in [6.45, 7) is 14.1. The van der Waals surface area contributed by atoms with Crippen LogP contribution >= 0.6 is 11.8 Å². The molecule has 1 fully saturated rings. The first kappa shape index (κ1) is 41.5. The molecule has 15 heteroatoms. The molecule has 1 aliphatic rings. The summed E-state index contributed by atoms with van der Waals surface area (Å²) in [4.78, 5) is 75.7. The number of Topliss-reactive ketones (excluding diaryl/α,β-unsaturated/α-hetero) is 1. The SMILES string of the molecule is COc1ccc(C(=O)C2OCC(C)(C)[C@H](C(=O)NCCC(=O)NCCSC(=O)CC[C@H](NC(=O)OC(C)(C)C)C(=O)OC(C)(C)C)O2)cc1. The van der Waals surface area contributed by atoms with Crippen molar-refractivity contribution in [2.75, 3.05) is 32.6 Å². The number of ether oxygens (including phenoxy) is 5. The second kappa shape index (κ2) is 18.3. The summed E-state index contributed by atoms with van der Waals surface area (Å²) < 4.78 is 27.2. The summed E-state index contributed by atoms with van der Waals surface area (Å²) in [6, 6.07) is 5.38. The van der Waals surface area contributed by atoms with E-state index in [0.29, 0.717) is 11.3 Å². The van der Waals surface area contributed by atoms with Crippen LogP contribution in [0.4, 0.5) is 4.79 Å². The van der Waals surface area contributed by atoms with Gasteiger partial charge in [0.05, 0.1) is 13.7 Å². The highest BCUT2D eigenvalue weighted by molar-refractivity contribution is 8.13. The molecule has 2 rings (SSSR count). The van der Waals surface area contributed by atoms with Crippen molar-refractivity contribution in [3.8, 4) is 5.75 Å². The van der Waals surface area contributed by atoms with Gasteiger partial charge in [-0.3, -0.25) is 19.2 Å². The molecular formula is C34H51N3O11S. The van der Waals surface area contributed by atoms with Gasteiger partial charge in [0.2, 0.25) is 23.9 Å². The lowest BCUT2D eigenvalue weighted by molar-refractivity contribution is -0.232. The van der Waals surface area contributed by atoms with E-state index in [1.165, 1.54) is 7.11 Å². The van der Waals surface area contributed by atoms with Crippen LogP contribution in [0.15, 0.2) is 24.3 Å². The van der Waals surface area contributed by atoms with Crippen LogP contribution in [-0.2, 0) is 38.1 Å². The predicted octanol–water partition coefficient (Wildman–Crippen LogP) is 3.54. The van der Waals surface area contributed by atoms with Gasteiger partial charge >= 0.3 is 12.1 Å². The zero-order valence-corrected chi connectivity index (χ0v) is 30.7. The number of amides is 3. The molecule has 1 saturated heterocycles. The summed E-state index contributed by atoms with van der Waals surface area (Å²) >= 11 is 0.982. The first-order valence-corrected chi connectivity index (χ1v) is 17.1. The van der Waals surface area contributed by atoms with Crippen LogP contribution in [-0.4, -0.2) is 97.0 Å². The minimum Gasteiger partial charge on any atom is -0.497 e. The Balaban J connectivity index is 1.75. The third-order valence-electron chi connectivity index (χ3n) is 6.76. The van der Waals surface area contributed by atoms with Crippen molar-refractivity contribution in [1.29, 1.82) is 0 Å². The van der Waals surface area contributed by atoms with E-state index in [-0.39, 0.29) is 55.7 Å². The monoisotopic (exact) mass is 709 g/mol.